The van der Waals surface area contributed by atoms with Gasteiger partial charge in [-0.3, -0.25) is 0 Å². The number of hydrogen-bond acceptors (Lipinski definition) is 0. The molecule has 3 aromatic rings. The van der Waals surface area contributed by atoms with Crippen LogP contribution in [0.1, 0.15) is 50.3 Å². The zero-order valence-electron chi connectivity index (χ0n) is 15.1. The molecular weight excluding hydrogens is 288 g/mol. The summed E-state index contributed by atoms with van der Waals surface area (Å²) >= 11 is 0. The van der Waals surface area contributed by atoms with Gasteiger partial charge in [0.15, 0.2) is 0 Å². The predicted molar refractivity (Wildman–Crippen MR) is 105 cm³/mol. The van der Waals surface area contributed by atoms with Crippen LogP contribution in [-0.2, 0) is 5.41 Å². The molecule has 0 heteroatoms. The molecule has 24 heavy (non-hydrogen) atoms. The lowest BCUT2D eigenvalue weighted by Gasteiger charge is -2.36. The smallest absolute Gasteiger partial charge is 0.0451 e. The third-order valence-corrected chi connectivity index (χ3v) is 4.42. The minimum atomic E-state index is -0.0709. The average molecular weight is 316 g/mol. The van der Waals surface area contributed by atoms with Gasteiger partial charge in [-0.2, -0.15) is 0 Å². The lowest BCUT2D eigenvalue weighted by atomic mass is 9.67. The molecule has 0 spiro atoms. The van der Waals surface area contributed by atoms with E-state index < -0.39 is 0 Å². The molecule has 0 unspecified atom stereocenters. The van der Waals surface area contributed by atoms with Gasteiger partial charge in [-0.05, 0) is 23.1 Å². The van der Waals surface area contributed by atoms with Crippen molar-refractivity contribution in [1.29, 1.82) is 0 Å². The van der Waals surface area contributed by atoms with Gasteiger partial charge in [0, 0.05) is 5.41 Å². The van der Waals surface area contributed by atoms with Crippen LogP contribution in [-0.4, -0.2) is 0 Å². The zero-order chi connectivity index (χ0) is 17.3. The third-order valence-electron chi connectivity index (χ3n) is 4.42. The maximum absolute atomic E-state index is 2.27. The maximum Gasteiger partial charge on any atom is 0.0451 e. The molecule has 0 atom stereocenters. The largest absolute Gasteiger partial charge is 0.0683 e. The number of rotatable bonds is 5. The molecule has 0 nitrogen and oxygen atoms in total. The average Bonchev–Trinajstić information content (AvgIpc) is 2.70. The maximum atomic E-state index is 2.27. The summed E-state index contributed by atoms with van der Waals surface area (Å²) in [5.41, 5.74) is 4.04. The molecule has 0 aromatic heterocycles. The second-order valence-corrected chi connectivity index (χ2v) is 5.75. The highest BCUT2D eigenvalue weighted by molar-refractivity contribution is 5.50. The Labute approximate surface area is 147 Å². The van der Waals surface area contributed by atoms with E-state index in [4.69, 9.17) is 0 Å². The van der Waals surface area contributed by atoms with Crippen molar-refractivity contribution in [2.45, 2.75) is 39.0 Å². The van der Waals surface area contributed by atoms with Gasteiger partial charge in [-0.25, -0.2) is 0 Å². The molecular formula is C24H28. The van der Waals surface area contributed by atoms with Crippen LogP contribution in [0.5, 0.6) is 0 Å². The van der Waals surface area contributed by atoms with E-state index in [-0.39, 0.29) is 5.41 Å². The van der Waals surface area contributed by atoms with Crippen LogP contribution in [0.3, 0.4) is 0 Å². The molecule has 0 N–H and O–H groups in total. The highest BCUT2D eigenvalue weighted by atomic mass is 14.4. The van der Waals surface area contributed by atoms with Gasteiger partial charge < -0.3 is 0 Å². The molecule has 0 saturated carbocycles. The van der Waals surface area contributed by atoms with E-state index in [2.05, 4.69) is 97.9 Å². The summed E-state index contributed by atoms with van der Waals surface area (Å²) in [5.74, 6) is 0. The molecule has 0 heterocycles. The van der Waals surface area contributed by atoms with Crippen molar-refractivity contribution >= 4 is 0 Å². The SMILES string of the molecule is CC.CCCC(c1ccccc1)(c1ccccc1)c1ccccc1. The van der Waals surface area contributed by atoms with Gasteiger partial charge in [0.2, 0.25) is 0 Å². The summed E-state index contributed by atoms with van der Waals surface area (Å²) in [6.45, 7) is 6.27. The van der Waals surface area contributed by atoms with Crippen molar-refractivity contribution in [3.8, 4) is 0 Å². The third kappa shape index (κ3) is 3.59. The van der Waals surface area contributed by atoms with E-state index in [0.717, 1.165) is 12.8 Å². The van der Waals surface area contributed by atoms with Gasteiger partial charge >= 0.3 is 0 Å². The van der Waals surface area contributed by atoms with Crippen molar-refractivity contribution in [3.63, 3.8) is 0 Å². The van der Waals surface area contributed by atoms with E-state index in [1.807, 2.05) is 13.8 Å². The van der Waals surface area contributed by atoms with E-state index in [1.54, 1.807) is 0 Å². The quantitative estimate of drug-likeness (QED) is 0.452. The molecule has 0 bridgehead atoms. The van der Waals surface area contributed by atoms with Crippen molar-refractivity contribution < 1.29 is 0 Å². The Morgan fingerprint density at radius 3 is 1.08 bits per heavy atom. The second-order valence-electron chi connectivity index (χ2n) is 5.75. The van der Waals surface area contributed by atoms with Gasteiger partial charge in [-0.15, -0.1) is 0 Å². The molecule has 0 amide bonds. The molecule has 124 valence electrons. The normalized spacial score (nSPS) is 10.6. The summed E-state index contributed by atoms with van der Waals surface area (Å²) in [4.78, 5) is 0. The van der Waals surface area contributed by atoms with Gasteiger partial charge in [-0.1, -0.05) is 118 Å². The fourth-order valence-electron chi connectivity index (χ4n) is 3.48. The first-order chi connectivity index (χ1) is 11.9. The van der Waals surface area contributed by atoms with Crippen LogP contribution in [0.4, 0.5) is 0 Å². The van der Waals surface area contributed by atoms with Crippen LogP contribution < -0.4 is 0 Å². The van der Waals surface area contributed by atoms with Gasteiger partial charge in [0.05, 0.1) is 0 Å². The lowest BCUT2D eigenvalue weighted by molar-refractivity contribution is 0.550. The predicted octanol–water partition coefficient (Wildman–Crippen LogP) is 6.85. The fraction of sp³-hybridized carbons (Fsp3) is 0.250. The first kappa shape index (κ1) is 18.0. The van der Waals surface area contributed by atoms with Crippen LogP contribution >= 0.6 is 0 Å². The Hall–Kier alpha value is -2.34. The van der Waals surface area contributed by atoms with Crippen LogP contribution in [0.15, 0.2) is 91.0 Å². The van der Waals surface area contributed by atoms with Crippen LogP contribution in [0.2, 0.25) is 0 Å². The lowest BCUT2D eigenvalue weighted by Crippen LogP contribution is -2.29. The Balaban J connectivity index is 0.00000100. The van der Waals surface area contributed by atoms with E-state index in [1.165, 1.54) is 16.7 Å². The van der Waals surface area contributed by atoms with Crippen molar-refractivity contribution in [2.24, 2.45) is 0 Å². The first-order valence-electron chi connectivity index (χ1n) is 9.04. The molecule has 0 fully saturated rings. The summed E-state index contributed by atoms with van der Waals surface area (Å²) in [7, 11) is 0. The Morgan fingerprint density at radius 1 is 0.542 bits per heavy atom. The van der Waals surface area contributed by atoms with Gasteiger partial charge in [0.1, 0.15) is 0 Å². The summed E-state index contributed by atoms with van der Waals surface area (Å²) in [6.07, 6.45) is 2.24. The van der Waals surface area contributed by atoms with Crippen LogP contribution in [0.25, 0.3) is 0 Å². The first-order valence-corrected chi connectivity index (χ1v) is 9.04. The Bertz CT molecular complexity index is 587. The second kappa shape index (κ2) is 9.08. The van der Waals surface area contributed by atoms with Crippen LogP contribution in [0, 0.1) is 0 Å². The molecule has 0 aliphatic carbocycles. The summed E-state index contributed by atoms with van der Waals surface area (Å²) < 4.78 is 0. The van der Waals surface area contributed by atoms with E-state index in [9.17, 15) is 0 Å². The minimum absolute atomic E-state index is 0.0709. The van der Waals surface area contributed by atoms with E-state index in [0.29, 0.717) is 0 Å². The molecule has 0 aliphatic rings. The number of hydrogen-bond donors (Lipinski definition) is 0. The molecule has 0 aliphatic heterocycles. The highest BCUT2D eigenvalue weighted by Crippen LogP contribution is 2.42. The monoisotopic (exact) mass is 316 g/mol. The Morgan fingerprint density at radius 2 is 0.833 bits per heavy atom. The molecule has 0 radical (unpaired) electrons. The topological polar surface area (TPSA) is 0 Å². The minimum Gasteiger partial charge on any atom is -0.0683 e. The molecule has 3 aromatic carbocycles. The van der Waals surface area contributed by atoms with Gasteiger partial charge in [0.25, 0.3) is 0 Å². The highest BCUT2D eigenvalue weighted by Gasteiger charge is 2.34. The standard InChI is InChI=1S/C22H22.C2H6/c1-2-18-22(19-12-6-3-7-13-19,20-14-8-4-9-15-20)21-16-10-5-11-17-21;1-2/h3-17H,2,18H2,1H3;1-2H3. The summed E-state index contributed by atoms with van der Waals surface area (Å²) in [6, 6.07) is 32.7. The number of benzene rings is 3. The summed E-state index contributed by atoms with van der Waals surface area (Å²) in [5, 5.41) is 0. The van der Waals surface area contributed by atoms with Crippen molar-refractivity contribution in [1.82, 2.24) is 0 Å². The molecule has 0 saturated heterocycles. The Kier molecular flexibility index (Phi) is 6.81. The zero-order valence-corrected chi connectivity index (χ0v) is 15.1. The fourth-order valence-corrected chi connectivity index (χ4v) is 3.48. The van der Waals surface area contributed by atoms with Crippen molar-refractivity contribution in [3.05, 3.63) is 108 Å². The molecule has 3 rings (SSSR count). The van der Waals surface area contributed by atoms with Crippen molar-refractivity contribution in [2.75, 3.05) is 0 Å². The van der Waals surface area contributed by atoms with E-state index >= 15 is 0 Å².